The Morgan fingerprint density at radius 1 is 1.08 bits per heavy atom. The molecule has 2 aromatic rings. The summed E-state index contributed by atoms with van der Waals surface area (Å²) in [5.41, 5.74) is 3.11. The molecular formula is C29H30N2O6. The second-order valence-corrected chi connectivity index (χ2v) is 9.99. The van der Waals surface area contributed by atoms with Crippen LogP contribution in [0.25, 0.3) is 0 Å². The zero-order valence-electron chi connectivity index (χ0n) is 20.8. The van der Waals surface area contributed by atoms with E-state index in [1.165, 1.54) is 12.1 Å². The number of hydrogen-bond donors (Lipinski definition) is 1. The van der Waals surface area contributed by atoms with Crippen LogP contribution in [0.2, 0.25) is 0 Å². The lowest BCUT2D eigenvalue weighted by Gasteiger charge is -2.40. The van der Waals surface area contributed by atoms with Crippen LogP contribution >= 0.6 is 0 Å². The summed E-state index contributed by atoms with van der Waals surface area (Å²) in [4.78, 5) is 38.3. The summed E-state index contributed by atoms with van der Waals surface area (Å²) in [5.74, 6) is -1.41. The van der Waals surface area contributed by atoms with Gasteiger partial charge < -0.3 is 14.8 Å². The molecule has 0 aromatic heterocycles. The number of allylic oxidation sites excluding steroid dienone is 2. The van der Waals surface area contributed by atoms with Crippen molar-refractivity contribution in [2.45, 2.75) is 56.5 Å². The van der Waals surface area contributed by atoms with Crippen LogP contribution in [0.1, 0.15) is 61.5 Å². The van der Waals surface area contributed by atoms with Gasteiger partial charge in [0.2, 0.25) is 0 Å². The maximum Gasteiger partial charge on any atom is 0.316 e. The van der Waals surface area contributed by atoms with E-state index in [-0.39, 0.29) is 29.9 Å². The van der Waals surface area contributed by atoms with Gasteiger partial charge in [0, 0.05) is 41.4 Å². The van der Waals surface area contributed by atoms with Gasteiger partial charge in [-0.3, -0.25) is 19.7 Å². The Hall–Kier alpha value is -3.94. The van der Waals surface area contributed by atoms with Crippen LogP contribution in [-0.4, -0.2) is 29.9 Å². The number of hydrogen-bond acceptors (Lipinski definition) is 7. The number of carbonyl (C=O) groups is 2. The lowest BCUT2D eigenvalue weighted by atomic mass is 9.69. The highest BCUT2D eigenvalue weighted by atomic mass is 16.6. The first kappa shape index (κ1) is 24.7. The van der Waals surface area contributed by atoms with Gasteiger partial charge in [-0.05, 0) is 61.3 Å². The molecule has 2 aromatic carbocycles. The number of nitrogens with one attached hydrogen (secondary N) is 1. The average Bonchev–Trinajstić information content (AvgIpc) is 3.40. The Morgan fingerprint density at radius 2 is 1.81 bits per heavy atom. The van der Waals surface area contributed by atoms with Crippen molar-refractivity contribution < 1.29 is 24.0 Å². The van der Waals surface area contributed by atoms with Crippen molar-refractivity contribution in [2.75, 3.05) is 7.11 Å². The molecule has 2 aliphatic carbocycles. The van der Waals surface area contributed by atoms with E-state index in [2.05, 4.69) is 11.9 Å². The molecule has 1 N–H and O–H groups in total. The first-order valence-electron chi connectivity index (χ1n) is 12.7. The highest BCUT2D eigenvalue weighted by molar-refractivity contribution is 6.01. The van der Waals surface area contributed by atoms with Gasteiger partial charge >= 0.3 is 5.97 Å². The molecule has 0 spiro atoms. The minimum absolute atomic E-state index is 0.0507. The molecule has 1 fully saturated rings. The molecule has 0 radical (unpaired) electrons. The number of ketones is 1. The molecule has 0 bridgehead atoms. The Balaban J connectivity index is 1.54. The molecule has 0 saturated heterocycles. The number of nitrogens with zero attached hydrogens (tertiary/aromatic N) is 1. The van der Waals surface area contributed by atoms with Crippen molar-refractivity contribution in [3.63, 3.8) is 0 Å². The highest BCUT2D eigenvalue weighted by Gasteiger charge is 2.46. The number of nitro benzene ring substituents is 1. The third-order valence-electron chi connectivity index (χ3n) is 7.71. The largest absolute Gasteiger partial charge is 0.497 e. The van der Waals surface area contributed by atoms with Gasteiger partial charge in [0.05, 0.1) is 12.0 Å². The van der Waals surface area contributed by atoms with E-state index in [1.807, 2.05) is 24.3 Å². The van der Waals surface area contributed by atoms with Crippen LogP contribution in [0.3, 0.4) is 0 Å². The van der Waals surface area contributed by atoms with Crippen LogP contribution in [0.4, 0.5) is 5.69 Å². The molecule has 3 aliphatic rings. The quantitative estimate of drug-likeness (QED) is 0.324. The van der Waals surface area contributed by atoms with E-state index in [0.29, 0.717) is 29.0 Å². The number of esters is 1. The fourth-order valence-corrected chi connectivity index (χ4v) is 5.87. The number of Topliss-reactive ketones (excluding diaryl/α,β-unsaturated/α-hetero) is 1. The van der Waals surface area contributed by atoms with Gasteiger partial charge in [0.1, 0.15) is 17.8 Å². The third kappa shape index (κ3) is 4.88. The fraction of sp³-hybridized carbons (Fsp3) is 0.379. The molecule has 5 rings (SSSR count). The first-order chi connectivity index (χ1) is 17.9. The van der Waals surface area contributed by atoms with Gasteiger partial charge in [-0.25, -0.2) is 0 Å². The van der Waals surface area contributed by atoms with Gasteiger partial charge in [-0.15, -0.1) is 0 Å². The second kappa shape index (κ2) is 10.2. The summed E-state index contributed by atoms with van der Waals surface area (Å²) in [7, 11) is 1.61. The first-order valence-corrected chi connectivity index (χ1v) is 12.7. The van der Waals surface area contributed by atoms with E-state index in [9.17, 15) is 19.7 Å². The molecule has 192 valence electrons. The van der Waals surface area contributed by atoms with Crippen LogP contribution in [0.5, 0.6) is 5.75 Å². The van der Waals surface area contributed by atoms with Crippen LogP contribution in [0.15, 0.2) is 72.1 Å². The van der Waals surface area contributed by atoms with E-state index < -0.39 is 22.7 Å². The van der Waals surface area contributed by atoms with Gasteiger partial charge in [-0.2, -0.15) is 0 Å². The highest BCUT2D eigenvalue weighted by Crippen LogP contribution is 2.48. The molecule has 1 saturated carbocycles. The molecule has 3 atom stereocenters. The minimum atomic E-state index is -0.858. The molecule has 1 aliphatic heterocycles. The van der Waals surface area contributed by atoms with Crippen LogP contribution in [-0.2, 0) is 14.3 Å². The van der Waals surface area contributed by atoms with E-state index in [0.717, 1.165) is 37.0 Å². The second-order valence-electron chi connectivity index (χ2n) is 9.99. The van der Waals surface area contributed by atoms with Gasteiger partial charge in [0.25, 0.3) is 5.69 Å². The topological polar surface area (TPSA) is 108 Å². The number of methoxy groups -OCH3 is 1. The Labute approximate surface area is 215 Å². The number of nitro groups is 1. The fourth-order valence-electron chi connectivity index (χ4n) is 5.87. The zero-order chi connectivity index (χ0) is 26.1. The van der Waals surface area contributed by atoms with Crippen molar-refractivity contribution in [3.05, 3.63) is 93.3 Å². The number of ether oxygens (including phenoxy) is 2. The molecular weight excluding hydrogens is 472 g/mol. The summed E-state index contributed by atoms with van der Waals surface area (Å²) < 4.78 is 11.1. The average molecular weight is 503 g/mol. The lowest BCUT2D eigenvalue weighted by molar-refractivity contribution is -0.384. The minimum Gasteiger partial charge on any atom is -0.497 e. The van der Waals surface area contributed by atoms with Crippen molar-refractivity contribution in [1.29, 1.82) is 0 Å². The molecule has 37 heavy (non-hydrogen) atoms. The predicted molar refractivity (Wildman–Crippen MR) is 137 cm³/mol. The van der Waals surface area contributed by atoms with Crippen molar-refractivity contribution in [2.24, 2.45) is 5.92 Å². The van der Waals surface area contributed by atoms with Crippen LogP contribution in [0, 0.1) is 16.0 Å². The molecule has 0 amide bonds. The number of carbonyl (C=O) groups excluding carboxylic acids is 2. The monoisotopic (exact) mass is 502 g/mol. The lowest BCUT2D eigenvalue weighted by Crippen LogP contribution is -2.42. The summed E-state index contributed by atoms with van der Waals surface area (Å²) >= 11 is 0. The predicted octanol–water partition coefficient (Wildman–Crippen LogP) is 5.31. The molecule has 8 heteroatoms. The van der Waals surface area contributed by atoms with Crippen molar-refractivity contribution in [3.8, 4) is 5.75 Å². The van der Waals surface area contributed by atoms with E-state index in [4.69, 9.17) is 9.47 Å². The van der Waals surface area contributed by atoms with E-state index in [1.54, 1.807) is 19.2 Å². The maximum absolute atomic E-state index is 13.7. The van der Waals surface area contributed by atoms with Gasteiger partial charge in [-0.1, -0.05) is 30.8 Å². The van der Waals surface area contributed by atoms with Gasteiger partial charge in [0.15, 0.2) is 5.78 Å². The smallest absolute Gasteiger partial charge is 0.316 e. The Bertz CT molecular complexity index is 1280. The normalized spacial score (nSPS) is 23.9. The Morgan fingerprint density at radius 3 is 2.49 bits per heavy atom. The number of benzene rings is 2. The summed E-state index contributed by atoms with van der Waals surface area (Å²) in [6, 6.07) is 13.8. The zero-order valence-corrected chi connectivity index (χ0v) is 20.8. The van der Waals surface area contributed by atoms with Crippen LogP contribution < -0.4 is 10.1 Å². The maximum atomic E-state index is 13.7. The van der Waals surface area contributed by atoms with Crippen molar-refractivity contribution >= 4 is 17.4 Å². The summed E-state index contributed by atoms with van der Waals surface area (Å²) in [6.45, 7) is 4.15. The number of rotatable bonds is 6. The third-order valence-corrected chi connectivity index (χ3v) is 7.71. The summed E-state index contributed by atoms with van der Waals surface area (Å²) in [6.07, 6.45) is 4.33. The SMILES string of the molecule is C=C1NC2=C(C(=O)CC(c3ccc(OC)cc3)C2)C(c2cccc([N+](=O)[O-])c2)C1C(=O)OC1CCCC1. The number of non-ortho nitro benzene ring substituents is 1. The molecule has 1 heterocycles. The molecule has 8 nitrogen and oxygen atoms in total. The standard InChI is InChI=1S/C29H30N2O6/c1-17-26(29(33)37-23-8-3-4-9-23)27(19-6-5-7-21(14-19)31(34)35)28-24(30-17)15-20(16-25(28)32)18-10-12-22(36-2)13-11-18/h5-7,10-14,20,23,26-27,30H,1,3-4,8-9,15-16H2,2H3. The van der Waals surface area contributed by atoms with E-state index >= 15 is 0 Å². The van der Waals surface area contributed by atoms with Crippen molar-refractivity contribution in [1.82, 2.24) is 5.32 Å². The summed E-state index contributed by atoms with van der Waals surface area (Å²) in [5, 5.41) is 14.8. The Kier molecular flexibility index (Phi) is 6.82. The molecule has 3 unspecified atom stereocenters.